The summed E-state index contributed by atoms with van der Waals surface area (Å²) in [5, 5.41) is 11.5. The van der Waals surface area contributed by atoms with Crippen molar-refractivity contribution in [1.29, 1.82) is 5.26 Å². The van der Waals surface area contributed by atoms with Gasteiger partial charge < -0.3 is 4.90 Å². The van der Waals surface area contributed by atoms with Gasteiger partial charge in [-0.2, -0.15) is 5.26 Å². The summed E-state index contributed by atoms with van der Waals surface area (Å²) >= 11 is 0. The average molecular weight is 182 g/mol. The van der Waals surface area contributed by atoms with Crippen molar-refractivity contribution >= 4 is 5.91 Å². The maximum Gasteiger partial charge on any atom is 0.439 e. The van der Waals surface area contributed by atoms with Crippen LogP contribution in [-0.2, 0) is 0 Å². The summed E-state index contributed by atoms with van der Waals surface area (Å²) in [6.07, 6.45) is 0. The maximum atomic E-state index is 11.2. The summed E-state index contributed by atoms with van der Waals surface area (Å²) in [5.74, 6) is -1.57. The van der Waals surface area contributed by atoms with Crippen molar-refractivity contribution in [2.24, 2.45) is 0 Å². The van der Waals surface area contributed by atoms with Crippen LogP contribution >= 0.6 is 0 Å². The van der Waals surface area contributed by atoms with Crippen LogP contribution in [0.3, 0.4) is 0 Å². The van der Waals surface area contributed by atoms with E-state index in [-0.39, 0.29) is 12.4 Å². The molecule has 0 bridgehead atoms. The number of carbonyl (C=O) groups is 1. The van der Waals surface area contributed by atoms with E-state index in [4.69, 9.17) is 5.26 Å². The van der Waals surface area contributed by atoms with Gasteiger partial charge in [0, 0.05) is 7.05 Å². The summed E-state index contributed by atoms with van der Waals surface area (Å²) < 4.78 is 4.12. The monoisotopic (exact) mass is 182 g/mol. The molecular formula is C6H6N4O3. The maximum absolute atomic E-state index is 11.2. The quantitative estimate of drug-likeness (QED) is 0.588. The van der Waals surface area contributed by atoms with Crippen LogP contribution in [0.4, 0.5) is 0 Å². The van der Waals surface area contributed by atoms with Gasteiger partial charge in [0.15, 0.2) is 0 Å². The number of nitriles is 1. The standard InChI is InChI=1S/C6H6N4O3/c1-10(3-2-7)5(11)4-8-6(12)13-9-4/h3H2,1H3,(H,8,9,12). The second kappa shape index (κ2) is 3.53. The number of aromatic amines is 1. The van der Waals surface area contributed by atoms with Gasteiger partial charge in [0.2, 0.25) is 5.82 Å². The predicted molar refractivity (Wildman–Crippen MR) is 39.7 cm³/mol. The number of carbonyl (C=O) groups excluding carboxylic acids is 1. The van der Waals surface area contributed by atoms with Gasteiger partial charge in [-0.25, -0.2) is 4.79 Å². The van der Waals surface area contributed by atoms with Gasteiger partial charge >= 0.3 is 5.76 Å². The van der Waals surface area contributed by atoms with E-state index in [1.54, 1.807) is 6.07 Å². The lowest BCUT2D eigenvalue weighted by molar-refractivity contribution is 0.0797. The van der Waals surface area contributed by atoms with Crippen molar-refractivity contribution in [1.82, 2.24) is 15.0 Å². The van der Waals surface area contributed by atoms with Gasteiger partial charge in [-0.05, 0) is 5.16 Å². The van der Waals surface area contributed by atoms with Gasteiger partial charge in [0.25, 0.3) is 5.91 Å². The van der Waals surface area contributed by atoms with E-state index < -0.39 is 11.7 Å². The Bertz CT molecular complexity index is 399. The van der Waals surface area contributed by atoms with Crippen molar-refractivity contribution in [3.63, 3.8) is 0 Å². The molecule has 7 nitrogen and oxygen atoms in total. The van der Waals surface area contributed by atoms with Crippen LogP contribution in [0.15, 0.2) is 9.32 Å². The smallest absolute Gasteiger partial charge is 0.326 e. The van der Waals surface area contributed by atoms with Crippen molar-refractivity contribution in [2.45, 2.75) is 0 Å². The lowest BCUT2D eigenvalue weighted by atomic mass is 10.5. The van der Waals surface area contributed by atoms with Crippen molar-refractivity contribution < 1.29 is 9.32 Å². The van der Waals surface area contributed by atoms with Crippen LogP contribution in [0.1, 0.15) is 10.6 Å². The van der Waals surface area contributed by atoms with E-state index in [9.17, 15) is 9.59 Å². The zero-order valence-corrected chi connectivity index (χ0v) is 6.77. The molecule has 68 valence electrons. The minimum absolute atomic E-state index is 0.0757. The van der Waals surface area contributed by atoms with E-state index in [2.05, 4.69) is 14.7 Å². The molecule has 1 aromatic rings. The molecular weight excluding hydrogens is 176 g/mol. The third-order valence-electron chi connectivity index (χ3n) is 1.30. The second-order valence-corrected chi connectivity index (χ2v) is 2.26. The Balaban J connectivity index is 2.80. The minimum atomic E-state index is -0.797. The van der Waals surface area contributed by atoms with E-state index in [0.29, 0.717) is 0 Å². The van der Waals surface area contributed by atoms with E-state index in [1.807, 2.05) is 0 Å². The average Bonchev–Trinajstić information content (AvgIpc) is 2.51. The highest BCUT2D eigenvalue weighted by atomic mass is 16.5. The highest BCUT2D eigenvalue weighted by molar-refractivity contribution is 5.90. The van der Waals surface area contributed by atoms with Gasteiger partial charge in [0.05, 0.1) is 6.07 Å². The third-order valence-corrected chi connectivity index (χ3v) is 1.30. The Hall–Kier alpha value is -2.10. The zero-order valence-electron chi connectivity index (χ0n) is 6.77. The largest absolute Gasteiger partial charge is 0.439 e. The first kappa shape index (κ1) is 8.99. The first-order chi connectivity index (χ1) is 6.15. The normalized spacial score (nSPS) is 9.23. The van der Waals surface area contributed by atoms with Crippen molar-refractivity contribution in [3.8, 4) is 6.07 Å². The van der Waals surface area contributed by atoms with Crippen LogP contribution < -0.4 is 5.76 Å². The number of hydrogen-bond donors (Lipinski definition) is 1. The number of nitrogens with one attached hydrogen (secondary N) is 1. The van der Waals surface area contributed by atoms with Crippen LogP contribution in [0.2, 0.25) is 0 Å². The Morgan fingerprint density at radius 2 is 2.54 bits per heavy atom. The molecule has 0 saturated carbocycles. The molecule has 1 heterocycles. The molecule has 1 amide bonds. The molecule has 0 atom stereocenters. The van der Waals surface area contributed by atoms with Gasteiger partial charge in [-0.15, -0.1) is 0 Å². The van der Waals surface area contributed by atoms with E-state index >= 15 is 0 Å². The second-order valence-electron chi connectivity index (χ2n) is 2.26. The van der Waals surface area contributed by atoms with Gasteiger partial charge in [-0.1, -0.05) is 0 Å². The van der Waals surface area contributed by atoms with Crippen LogP contribution in [0.5, 0.6) is 0 Å². The molecule has 0 fully saturated rings. The Labute approximate surface area is 72.6 Å². The summed E-state index contributed by atoms with van der Waals surface area (Å²) in [7, 11) is 1.42. The zero-order chi connectivity index (χ0) is 9.84. The van der Waals surface area contributed by atoms with Crippen LogP contribution in [-0.4, -0.2) is 34.5 Å². The molecule has 0 saturated heterocycles. The molecule has 0 unspecified atom stereocenters. The molecule has 7 heteroatoms. The molecule has 0 aliphatic heterocycles. The summed E-state index contributed by atoms with van der Waals surface area (Å²) in [6, 6.07) is 1.78. The summed E-state index contributed by atoms with van der Waals surface area (Å²) in [6.45, 7) is -0.0757. The first-order valence-corrected chi connectivity index (χ1v) is 3.33. The lowest BCUT2D eigenvalue weighted by Gasteiger charge is -2.08. The molecule has 0 aliphatic carbocycles. The molecule has 0 spiro atoms. The Morgan fingerprint density at radius 1 is 1.85 bits per heavy atom. The Morgan fingerprint density at radius 3 is 3.00 bits per heavy atom. The number of amides is 1. The van der Waals surface area contributed by atoms with E-state index in [1.165, 1.54) is 7.05 Å². The molecule has 0 aliphatic rings. The van der Waals surface area contributed by atoms with Gasteiger partial charge in [0.1, 0.15) is 6.54 Å². The fraction of sp³-hybridized carbons (Fsp3) is 0.333. The number of H-pyrrole nitrogens is 1. The minimum Gasteiger partial charge on any atom is -0.326 e. The number of hydrogen-bond acceptors (Lipinski definition) is 5. The van der Waals surface area contributed by atoms with Crippen molar-refractivity contribution in [3.05, 3.63) is 16.4 Å². The number of aromatic nitrogens is 2. The molecule has 1 N–H and O–H groups in total. The third kappa shape index (κ3) is 1.93. The van der Waals surface area contributed by atoms with Crippen LogP contribution in [0.25, 0.3) is 0 Å². The summed E-state index contributed by atoms with van der Waals surface area (Å²) in [4.78, 5) is 24.9. The predicted octanol–water partition coefficient (Wildman–Crippen LogP) is -1.04. The number of nitrogens with zero attached hydrogens (tertiary/aromatic N) is 3. The first-order valence-electron chi connectivity index (χ1n) is 3.33. The fourth-order valence-electron chi connectivity index (χ4n) is 0.681. The molecule has 0 radical (unpaired) electrons. The highest BCUT2D eigenvalue weighted by Gasteiger charge is 2.15. The molecule has 1 aromatic heterocycles. The SMILES string of the molecule is CN(CC#N)C(=O)c1noc(=O)[nH]1. The molecule has 13 heavy (non-hydrogen) atoms. The topological polar surface area (TPSA) is 103 Å². The lowest BCUT2D eigenvalue weighted by Crippen LogP contribution is -2.28. The highest BCUT2D eigenvalue weighted by Crippen LogP contribution is 1.92. The van der Waals surface area contributed by atoms with Crippen LogP contribution in [0, 0.1) is 11.3 Å². The number of rotatable bonds is 2. The van der Waals surface area contributed by atoms with Crippen molar-refractivity contribution in [2.75, 3.05) is 13.6 Å². The molecule has 0 aromatic carbocycles. The summed E-state index contributed by atoms with van der Waals surface area (Å²) in [5.41, 5.74) is 0. The van der Waals surface area contributed by atoms with Gasteiger partial charge in [-0.3, -0.25) is 14.3 Å². The van der Waals surface area contributed by atoms with E-state index in [0.717, 1.165) is 4.90 Å². The fourth-order valence-corrected chi connectivity index (χ4v) is 0.681. The molecule has 1 rings (SSSR count). The Kier molecular flexibility index (Phi) is 2.44.